The summed E-state index contributed by atoms with van der Waals surface area (Å²) in [4.78, 5) is 2.66. The second kappa shape index (κ2) is 7.72. The van der Waals surface area contributed by atoms with Crippen LogP contribution in [0.15, 0.2) is 33.6 Å². The molecular weight excluding hydrogens is 352 g/mol. The van der Waals surface area contributed by atoms with E-state index in [1.807, 2.05) is 0 Å². The molecule has 0 atom stereocenters. The minimum atomic E-state index is -3.18. The van der Waals surface area contributed by atoms with Crippen molar-refractivity contribution in [2.75, 3.05) is 31.9 Å². The molecule has 2 rings (SSSR count). The summed E-state index contributed by atoms with van der Waals surface area (Å²) in [5, 5.41) is 0. The summed E-state index contributed by atoms with van der Waals surface area (Å²) in [7, 11) is -3.18. The van der Waals surface area contributed by atoms with E-state index in [4.69, 9.17) is 5.73 Å². The summed E-state index contributed by atoms with van der Waals surface area (Å²) < 4.78 is 25.5. The molecule has 0 aromatic heterocycles. The quantitative estimate of drug-likeness (QED) is 0.829. The number of rotatable bonds is 6. The Balaban J connectivity index is 1.84. The van der Waals surface area contributed by atoms with E-state index in [1.54, 1.807) is 24.3 Å². The van der Waals surface area contributed by atoms with Crippen molar-refractivity contribution in [2.45, 2.75) is 24.2 Å². The van der Waals surface area contributed by atoms with Gasteiger partial charge in [0.2, 0.25) is 0 Å². The van der Waals surface area contributed by atoms with E-state index in [-0.39, 0.29) is 5.75 Å². The fourth-order valence-electron chi connectivity index (χ4n) is 2.74. The van der Waals surface area contributed by atoms with E-state index in [0.29, 0.717) is 17.4 Å². The van der Waals surface area contributed by atoms with Gasteiger partial charge in [-0.05, 0) is 69.1 Å². The lowest BCUT2D eigenvalue weighted by atomic mass is 9.94. The average molecular weight is 375 g/mol. The van der Waals surface area contributed by atoms with Gasteiger partial charge in [-0.3, -0.25) is 0 Å². The van der Waals surface area contributed by atoms with E-state index in [1.165, 1.54) is 0 Å². The zero-order valence-electron chi connectivity index (χ0n) is 12.2. The van der Waals surface area contributed by atoms with Crippen LogP contribution in [0.4, 0.5) is 0 Å². The predicted octanol–water partition coefficient (Wildman–Crippen LogP) is 2.28. The van der Waals surface area contributed by atoms with Crippen LogP contribution < -0.4 is 5.73 Å². The summed E-state index contributed by atoms with van der Waals surface area (Å²) in [5.74, 6) is 0.908. The zero-order chi connectivity index (χ0) is 15.3. The lowest BCUT2D eigenvalue weighted by molar-refractivity contribution is 0.189. The molecule has 21 heavy (non-hydrogen) atoms. The van der Waals surface area contributed by atoms with Crippen LogP contribution in [0.25, 0.3) is 0 Å². The number of hydrogen-bond donors (Lipinski definition) is 1. The van der Waals surface area contributed by atoms with E-state index in [0.717, 1.165) is 43.4 Å². The summed E-state index contributed by atoms with van der Waals surface area (Å²) in [6.45, 7) is 3.34. The maximum atomic E-state index is 12.3. The molecule has 4 nitrogen and oxygen atoms in total. The highest BCUT2D eigenvalue weighted by Crippen LogP contribution is 2.20. The number of hydrogen-bond acceptors (Lipinski definition) is 4. The fourth-order valence-corrected chi connectivity index (χ4v) is 4.29. The van der Waals surface area contributed by atoms with Gasteiger partial charge in [0.1, 0.15) is 0 Å². The highest BCUT2D eigenvalue weighted by atomic mass is 79.9. The molecule has 1 aromatic rings. The Labute approximate surface area is 135 Å². The van der Waals surface area contributed by atoms with Crippen LogP contribution in [-0.2, 0) is 9.84 Å². The Morgan fingerprint density at radius 1 is 1.19 bits per heavy atom. The van der Waals surface area contributed by atoms with Crippen LogP contribution in [0.5, 0.6) is 0 Å². The summed E-state index contributed by atoms with van der Waals surface area (Å²) in [5.41, 5.74) is 5.59. The van der Waals surface area contributed by atoms with Gasteiger partial charge in [-0.15, -0.1) is 0 Å². The van der Waals surface area contributed by atoms with Crippen molar-refractivity contribution in [1.82, 2.24) is 4.90 Å². The van der Waals surface area contributed by atoms with Gasteiger partial charge >= 0.3 is 0 Å². The van der Waals surface area contributed by atoms with Gasteiger partial charge in [-0.1, -0.05) is 15.9 Å². The average Bonchev–Trinajstić information content (AvgIpc) is 2.47. The minimum absolute atomic E-state index is 0.191. The number of sulfone groups is 1. The Hall–Kier alpha value is -0.430. The van der Waals surface area contributed by atoms with Crippen LogP contribution >= 0.6 is 15.9 Å². The summed E-state index contributed by atoms with van der Waals surface area (Å²) in [6, 6.07) is 6.86. The SMILES string of the molecule is NCCC1CCN(CCS(=O)(=O)c2ccc(Br)cc2)CC1. The Morgan fingerprint density at radius 3 is 2.38 bits per heavy atom. The topological polar surface area (TPSA) is 63.4 Å². The van der Waals surface area contributed by atoms with Gasteiger partial charge in [-0.2, -0.15) is 0 Å². The third-order valence-corrected chi connectivity index (χ3v) is 6.37. The first kappa shape index (κ1) is 16.9. The van der Waals surface area contributed by atoms with Crippen molar-refractivity contribution in [3.05, 3.63) is 28.7 Å². The number of likely N-dealkylation sites (tertiary alicyclic amines) is 1. The van der Waals surface area contributed by atoms with Crippen LogP contribution in [-0.4, -0.2) is 45.2 Å². The number of nitrogens with two attached hydrogens (primary N) is 1. The number of benzene rings is 1. The molecule has 1 heterocycles. The smallest absolute Gasteiger partial charge is 0.179 e. The molecule has 1 aliphatic heterocycles. The number of halogens is 1. The standard InChI is InChI=1S/C15H23BrN2O2S/c16-14-1-3-15(4-2-14)21(19,20)12-11-18-9-6-13(5-8-17)7-10-18/h1-4,13H,5-12,17H2. The molecule has 0 saturated carbocycles. The predicted molar refractivity (Wildman–Crippen MR) is 89.0 cm³/mol. The van der Waals surface area contributed by atoms with Crippen LogP contribution in [0.1, 0.15) is 19.3 Å². The molecule has 0 bridgehead atoms. The highest BCUT2D eigenvalue weighted by Gasteiger charge is 2.21. The van der Waals surface area contributed by atoms with Crippen molar-refractivity contribution >= 4 is 25.8 Å². The molecule has 6 heteroatoms. The molecular formula is C15H23BrN2O2S. The van der Waals surface area contributed by atoms with Crippen LogP contribution in [0.3, 0.4) is 0 Å². The maximum absolute atomic E-state index is 12.3. The monoisotopic (exact) mass is 374 g/mol. The molecule has 0 unspecified atom stereocenters. The van der Waals surface area contributed by atoms with Gasteiger partial charge < -0.3 is 10.6 Å². The van der Waals surface area contributed by atoms with E-state index in [2.05, 4.69) is 20.8 Å². The van der Waals surface area contributed by atoms with E-state index in [9.17, 15) is 8.42 Å². The largest absolute Gasteiger partial charge is 0.330 e. The lowest BCUT2D eigenvalue weighted by Gasteiger charge is -2.31. The zero-order valence-corrected chi connectivity index (χ0v) is 14.6. The second-order valence-corrected chi connectivity index (χ2v) is 8.66. The molecule has 2 N–H and O–H groups in total. The van der Waals surface area contributed by atoms with Gasteiger partial charge in [0.25, 0.3) is 0 Å². The van der Waals surface area contributed by atoms with Gasteiger partial charge in [0.05, 0.1) is 10.6 Å². The van der Waals surface area contributed by atoms with Gasteiger partial charge in [-0.25, -0.2) is 8.42 Å². The van der Waals surface area contributed by atoms with Gasteiger partial charge in [0, 0.05) is 11.0 Å². The number of nitrogens with zero attached hydrogens (tertiary/aromatic N) is 1. The van der Waals surface area contributed by atoms with Crippen LogP contribution in [0, 0.1) is 5.92 Å². The molecule has 0 radical (unpaired) electrons. The molecule has 1 aromatic carbocycles. The molecule has 0 aliphatic carbocycles. The normalized spacial score (nSPS) is 18.0. The fraction of sp³-hybridized carbons (Fsp3) is 0.600. The molecule has 118 valence electrons. The molecule has 1 aliphatic rings. The first-order valence-electron chi connectivity index (χ1n) is 7.42. The summed E-state index contributed by atoms with van der Waals surface area (Å²) >= 11 is 3.32. The molecule has 1 saturated heterocycles. The first-order valence-corrected chi connectivity index (χ1v) is 9.86. The van der Waals surface area contributed by atoms with Crippen LogP contribution in [0.2, 0.25) is 0 Å². The minimum Gasteiger partial charge on any atom is -0.330 e. The Kier molecular flexibility index (Phi) is 6.22. The Bertz CT molecular complexity index is 537. The third kappa shape index (κ3) is 5.06. The number of piperidine rings is 1. The molecule has 1 fully saturated rings. The first-order chi connectivity index (χ1) is 10.0. The lowest BCUT2D eigenvalue weighted by Crippen LogP contribution is -2.37. The van der Waals surface area contributed by atoms with Gasteiger partial charge in [0.15, 0.2) is 9.84 Å². The van der Waals surface area contributed by atoms with Crippen molar-refractivity contribution in [3.8, 4) is 0 Å². The Morgan fingerprint density at radius 2 is 1.81 bits per heavy atom. The molecule has 0 spiro atoms. The van der Waals surface area contributed by atoms with Crippen molar-refractivity contribution < 1.29 is 8.42 Å². The highest BCUT2D eigenvalue weighted by molar-refractivity contribution is 9.10. The van der Waals surface area contributed by atoms with E-state index < -0.39 is 9.84 Å². The third-order valence-electron chi connectivity index (χ3n) is 4.13. The van der Waals surface area contributed by atoms with Crippen molar-refractivity contribution in [1.29, 1.82) is 0 Å². The summed E-state index contributed by atoms with van der Waals surface area (Å²) in [6.07, 6.45) is 3.36. The van der Waals surface area contributed by atoms with Crippen molar-refractivity contribution in [2.24, 2.45) is 11.7 Å². The van der Waals surface area contributed by atoms with E-state index >= 15 is 0 Å². The second-order valence-electron chi connectivity index (χ2n) is 5.64. The molecule has 0 amide bonds. The van der Waals surface area contributed by atoms with Crippen molar-refractivity contribution in [3.63, 3.8) is 0 Å². The maximum Gasteiger partial charge on any atom is 0.179 e.